The highest BCUT2D eigenvalue weighted by molar-refractivity contribution is 6.30. The van der Waals surface area contributed by atoms with Crippen molar-refractivity contribution in [2.75, 3.05) is 11.9 Å². The Kier molecular flexibility index (Phi) is 5.17. The fraction of sp³-hybridized carbons (Fsp3) is 0.250. The van der Waals surface area contributed by atoms with E-state index >= 15 is 0 Å². The lowest BCUT2D eigenvalue weighted by Crippen LogP contribution is -2.21. The topological polar surface area (TPSA) is 51.2 Å². The maximum absolute atomic E-state index is 11.8. The average molecular weight is 305 g/mol. The molecule has 4 nitrogen and oxygen atoms in total. The van der Waals surface area contributed by atoms with Crippen LogP contribution in [-0.4, -0.2) is 17.5 Å². The van der Waals surface area contributed by atoms with Gasteiger partial charge in [-0.3, -0.25) is 4.79 Å². The van der Waals surface area contributed by atoms with E-state index in [-0.39, 0.29) is 12.5 Å². The number of ether oxygens (including phenoxy) is 1. The molecule has 1 amide bonds. The van der Waals surface area contributed by atoms with Crippen LogP contribution >= 0.6 is 11.6 Å². The number of pyridine rings is 1. The molecule has 1 aromatic heterocycles. The van der Waals surface area contributed by atoms with Crippen molar-refractivity contribution in [3.8, 4) is 5.75 Å². The van der Waals surface area contributed by atoms with E-state index in [1.54, 1.807) is 12.1 Å². The second kappa shape index (κ2) is 7.09. The zero-order chi connectivity index (χ0) is 15.2. The van der Waals surface area contributed by atoms with E-state index in [2.05, 4.69) is 24.1 Å². The lowest BCUT2D eigenvalue weighted by Gasteiger charge is -2.13. The minimum Gasteiger partial charge on any atom is -0.483 e. The molecular weight excluding hydrogens is 288 g/mol. The van der Waals surface area contributed by atoms with E-state index in [0.717, 1.165) is 11.3 Å². The molecule has 0 aliphatic rings. The van der Waals surface area contributed by atoms with Gasteiger partial charge in [0.25, 0.3) is 5.91 Å². The Morgan fingerprint density at radius 2 is 2.05 bits per heavy atom. The zero-order valence-electron chi connectivity index (χ0n) is 12.0. The Labute approximate surface area is 129 Å². The first-order chi connectivity index (χ1) is 10.1. The first-order valence-corrected chi connectivity index (χ1v) is 7.07. The molecule has 2 rings (SSSR count). The van der Waals surface area contributed by atoms with Crippen LogP contribution in [0.15, 0.2) is 42.6 Å². The van der Waals surface area contributed by atoms with Gasteiger partial charge in [0, 0.05) is 6.20 Å². The smallest absolute Gasteiger partial charge is 0.263 e. The lowest BCUT2D eigenvalue weighted by molar-refractivity contribution is -0.118. The highest BCUT2D eigenvalue weighted by Crippen LogP contribution is 2.25. The Balaban J connectivity index is 1.94. The number of halogens is 1. The third kappa shape index (κ3) is 4.46. The maximum atomic E-state index is 11.8. The first-order valence-electron chi connectivity index (χ1n) is 6.69. The number of para-hydroxylation sites is 1. The van der Waals surface area contributed by atoms with Gasteiger partial charge in [0.1, 0.15) is 11.6 Å². The van der Waals surface area contributed by atoms with Gasteiger partial charge in [0.15, 0.2) is 6.61 Å². The van der Waals surface area contributed by atoms with Gasteiger partial charge in [-0.25, -0.2) is 4.98 Å². The predicted molar refractivity (Wildman–Crippen MR) is 83.9 cm³/mol. The Morgan fingerprint density at radius 3 is 2.71 bits per heavy atom. The van der Waals surface area contributed by atoms with Crippen LogP contribution in [-0.2, 0) is 4.79 Å². The van der Waals surface area contributed by atoms with Crippen LogP contribution in [0.5, 0.6) is 5.75 Å². The molecular formula is C16H17ClN2O2. The van der Waals surface area contributed by atoms with Crippen molar-refractivity contribution in [2.45, 2.75) is 19.8 Å². The number of hydrogen-bond acceptors (Lipinski definition) is 3. The van der Waals surface area contributed by atoms with E-state index in [1.807, 2.05) is 24.3 Å². The summed E-state index contributed by atoms with van der Waals surface area (Å²) < 4.78 is 5.59. The fourth-order valence-electron chi connectivity index (χ4n) is 1.86. The molecule has 0 fully saturated rings. The van der Waals surface area contributed by atoms with Gasteiger partial charge in [-0.05, 0) is 29.7 Å². The predicted octanol–water partition coefficient (Wildman–Crippen LogP) is 3.88. The van der Waals surface area contributed by atoms with Crippen molar-refractivity contribution in [3.05, 3.63) is 53.2 Å². The molecule has 1 N–H and O–H groups in total. The Hall–Kier alpha value is -2.07. The molecule has 0 spiro atoms. The van der Waals surface area contributed by atoms with Gasteiger partial charge in [-0.15, -0.1) is 0 Å². The number of rotatable bonds is 5. The molecule has 21 heavy (non-hydrogen) atoms. The van der Waals surface area contributed by atoms with Crippen molar-refractivity contribution in [2.24, 2.45) is 0 Å². The number of anilines is 1. The molecule has 0 bridgehead atoms. The molecule has 0 saturated carbocycles. The summed E-state index contributed by atoms with van der Waals surface area (Å²) in [4.78, 5) is 15.8. The summed E-state index contributed by atoms with van der Waals surface area (Å²) in [6.45, 7) is 4.10. The summed E-state index contributed by atoms with van der Waals surface area (Å²) in [5.74, 6) is 1.25. The summed E-state index contributed by atoms with van der Waals surface area (Å²) in [7, 11) is 0. The van der Waals surface area contributed by atoms with Crippen LogP contribution in [0.4, 0.5) is 5.82 Å². The molecule has 5 heteroatoms. The largest absolute Gasteiger partial charge is 0.483 e. The number of nitrogens with one attached hydrogen (secondary N) is 1. The van der Waals surface area contributed by atoms with E-state index < -0.39 is 0 Å². The monoisotopic (exact) mass is 304 g/mol. The lowest BCUT2D eigenvalue weighted by atomic mass is 10.0. The Bertz CT molecular complexity index is 612. The fourth-order valence-corrected chi connectivity index (χ4v) is 1.97. The minimum atomic E-state index is -0.261. The summed E-state index contributed by atoms with van der Waals surface area (Å²) in [5, 5.41) is 3.18. The molecule has 1 heterocycles. The normalized spacial score (nSPS) is 10.5. The van der Waals surface area contributed by atoms with E-state index in [1.165, 1.54) is 6.20 Å². The molecule has 1 aromatic carbocycles. The van der Waals surface area contributed by atoms with Gasteiger partial charge in [0.05, 0.1) is 5.02 Å². The second-order valence-electron chi connectivity index (χ2n) is 4.89. The van der Waals surface area contributed by atoms with Crippen LogP contribution in [0.25, 0.3) is 0 Å². The quantitative estimate of drug-likeness (QED) is 0.912. The molecule has 0 atom stereocenters. The number of carbonyl (C=O) groups excluding carboxylic acids is 1. The second-order valence-corrected chi connectivity index (χ2v) is 5.33. The van der Waals surface area contributed by atoms with Crippen LogP contribution < -0.4 is 10.1 Å². The number of benzene rings is 1. The summed E-state index contributed by atoms with van der Waals surface area (Å²) in [5.41, 5.74) is 1.08. The number of amides is 1. The van der Waals surface area contributed by atoms with Gasteiger partial charge in [-0.1, -0.05) is 43.6 Å². The maximum Gasteiger partial charge on any atom is 0.263 e. The molecule has 110 valence electrons. The van der Waals surface area contributed by atoms with E-state index in [4.69, 9.17) is 16.3 Å². The van der Waals surface area contributed by atoms with Crippen molar-refractivity contribution >= 4 is 23.3 Å². The highest BCUT2D eigenvalue weighted by atomic mass is 35.5. The first kappa shape index (κ1) is 15.3. The van der Waals surface area contributed by atoms with E-state index in [9.17, 15) is 4.79 Å². The van der Waals surface area contributed by atoms with Crippen LogP contribution in [0.1, 0.15) is 25.3 Å². The van der Waals surface area contributed by atoms with Gasteiger partial charge >= 0.3 is 0 Å². The molecule has 2 aromatic rings. The number of nitrogens with zero attached hydrogens (tertiary/aromatic N) is 1. The SMILES string of the molecule is CC(C)c1ccccc1OCC(=O)Nc1ccc(Cl)cn1. The summed E-state index contributed by atoms with van der Waals surface area (Å²) in [6, 6.07) is 11.0. The molecule has 0 unspecified atom stereocenters. The molecule has 0 aliphatic heterocycles. The molecule has 0 radical (unpaired) electrons. The minimum absolute atomic E-state index is 0.0615. The van der Waals surface area contributed by atoms with Gasteiger partial charge < -0.3 is 10.1 Å². The Morgan fingerprint density at radius 1 is 1.29 bits per heavy atom. The van der Waals surface area contributed by atoms with Crippen LogP contribution in [0.3, 0.4) is 0 Å². The van der Waals surface area contributed by atoms with Crippen LogP contribution in [0.2, 0.25) is 5.02 Å². The average Bonchev–Trinajstić information content (AvgIpc) is 2.48. The van der Waals surface area contributed by atoms with Crippen molar-refractivity contribution in [1.82, 2.24) is 4.98 Å². The van der Waals surface area contributed by atoms with Crippen molar-refractivity contribution in [1.29, 1.82) is 0 Å². The standard InChI is InChI=1S/C16H17ClN2O2/c1-11(2)13-5-3-4-6-14(13)21-10-16(20)19-15-8-7-12(17)9-18-15/h3-9,11H,10H2,1-2H3,(H,18,19,20). The van der Waals surface area contributed by atoms with Crippen molar-refractivity contribution < 1.29 is 9.53 Å². The summed E-state index contributed by atoms with van der Waals surface area (Å²) >= 11 is 5.74. The number of carbonyl (C=O) groups is 1. The van der Waals surface area contributed by atoms with Gasteiger partial charge in [-0.2, -0.15) is 0 Å². The van der Waals surface area contributed by atoms with Crippen LogP contribution in [0, 0.1) is 0 Å². The third-order valence-electron chi connectivity index (χ3n) is 2.89. The van der Waals surface area contributed by atoms with Crippen molar-refractivity contribution in [3.63, 3.8) is 0 Å². The van der Waals surface area contributed by atoms with E-state index in [0.29, 0.717) is 16.8 Å². The highest BCUT2D eigenvalue weighted by Gasteiger charge is 2.09. The number of aromatic nitrogens is 1. The zero-order valence-corrected chi connectivity index (χ0v) is 12.7. The molecule has 0 aliphatic carbocycles. The molecule has 0 saturated heterocycles. The summed E-state index contributed by atoms with van der Waals surface area (Å²) in [6.07, 6.45) is 1.48. The van der Waals surface area contributed by atoms with Gasteiger partial charge in [0.2, 0.25) is 0 Å². The third-order valence-corrected chi connectivity index (χ3v) is 3.12. The number of hydrogen-bond donors (Lipinski definition) is 1.